The molecule has 0 rings (SSSR count). The number of nitrogens with one attached hydrogen (secondary N) is 3. The average molecular weight is 489 g/mol. The van der Waals surface area contributed by atoms with Crippen LogP contribution in [0.4, 0.5) is 0 Å². The smallest absolute Gasteiger partial charge is 0.326 e. The van der Waals surface area contributed by atoms with E-state index in [1.807, 2.05) is 13.8 Å². The summed E-state index contributed by atoms with van der Waals surface area (Å²) in [5.41, 5.74) is 5.87. The van der Waals surface area contributed by atoms with Crippen LogP contribution in [-0.4, -0.2) is 75.3 Å². The predicted molar refractivity (Wildman–Crippen MR) is 123 cm³/mol. The van der Waals surface area contributed by atoms with Crippen LogP contribution < -0.4 is 21.7 Å². The number of carboxylic acids is 2. The number of amides is 3. The molecule has 0 saturated heterocycles. The summed E-state index contributed by atoms with van der Waals surface area (Å²) in [6, 6.07) is -4.50. The zero-order chi connectivity index (χ0) is 26.7. The van der Waals surface area contributed by atoms with Gasteiger partial charge in [0.1, 0.15) is 24.2 Å². The molecule has 0 bridgehead atoms. The van der Waals surface area contributed by atoms with Crippen LogP contribution in [0.1, 0.15) is 60.8 Å². The number of aliphatic hydroxyl groups is 1. The highest BCUT2D eigenvalue weighted by Crippen LogP contribution is 2.10. The summed E-state index contributed by atoms with van der Waals surface area (Å²) in [7, 11) is 0. The lowest BCUT2D eigenvalue weighted by atomic mass is 9.97. The van der Waals surface area contributed by atoms with Gasteiger partial charge in [0.25, 0.3) is 5.91 Å². The molecule has 0 spiro atoms. The van der Waals surface area contributed by atoms with Crippen LogP contribution in [0.2, 0.25) is 0 Å². The molecule has 12 heteroatoms. The minimum Gasteiger partial charge on any atom is -0.481 e. The fourth-order valence-corrected chi connectivity index (χ4v) is 3.21. The largest absolute Gasteiger partial charge is 0.481 e. The number of nitrogens with two attached hydrogens (primary N) is 1. The first-order valence-electron chi connectivity index (χ1n) is 11.4. The van der Waals surface area contributed by atoms with Crippen molar-refractivity contribution in [1.29, 1.82) is 0 Å². The molecule has 0 aliphatic carbocycles. The van der Waals surface area contributed by atoms with E-state index in [1.54, 1.807) is 27.7 Å². The Hall–Kier alpha value is -2.73. The van der Waals surface area contributed by atoms with Crippen molar-refractivity contribution in [1.82, 2.24) is 16.0 Å². The van der Waals surface area contributed by atoms with Gasteiger partial charge in [0.05, 0.1) is 0 Å². The summed E-state index contributed by atoms with van der Waals surface area (Å²) in [4.78, 5) is 60.3. The Labute approximate surface area is 200 Å². The number of hydrogen-bond acceptors (Lipinski definition) is 7. The van der Waals surface area contributed by atoms with Gasteiger partial charge in [-0.2, -0.15) is 0 Å². The van der Waals surface area contributed by atoms with Gasteiger partial charge < -0.3 is 37.0 Å². The third kappa shape index (κ3) is 10.9. The summed E-state index contributed by atoms with van der Waals surface area (Å²) >= 11 is 0. The minimum atomic E-state index is -1.52. The minimum absolute atomic E-state index is 0.150. The third-order valence-electron chi connectivity index (χ3n) is 5.17. The second kappa shape index (κ2) is 14.5. The van der Waals surface area contributed by atoms with E-state index in [-0.39, 0.29) is 12.3 Å². The highest BCUT2D eigenvalue weighted by molar-refractivity contribution is 5.94. The Morgan fingerprint density at radius 1 is 0.765 bits per heavy atom. The highest BCUT2D eigenvalue weighted by atomic mass is 16.4. The molecule has 5 atom stereocenters. The Kier molecular flexibility index (Phi) is 13.3. The van der Waals surface area contributed by atoms with E-state index >= 15 is 0 Å². The van der Waals surface area contributed by atoms with E-state index in [0.717, 1.165) is 0 Å². The van der Waals surface area contributed by atoms with Gasteiger partial charge >= 0.3 is 11.9 Å². The van der Waals surface area contributed by atoms with Gasteiger partial charge in [-0.3, -0.25) is 19.2 Å². The fourth-order valence-electron chi connectivity index (χ4n) is 3.21. The molecule has 0 aliphatic heterocycles. The van der Waals surface area contributed by atoms with Gasteiger partial charge in [-0.05, 0) is 30.6 Å². The number of rotatable bonds is 15. The Morgan fingerprint density at radius 2 is 1.21 bits per heavy atom. The molecule has 3 amide bonds. The lowest BCUT2D eigenvalue weighted by Crippen LogP contribution is -2.60. The van der Waals surface area contributed by atoms with Crippen molar-refractivity contribution in [2.24, 2.45) is 23.5 Å². The molecule has 0 heterocycles. The molecule has 0 fully saturated rings. The van der Waals surface area contributed by atoms with Crippen LogP contribution in [0.3, 0.4) is 0 Å². The third-order valence-corrected chi connectivity index (χ3v) is 5.17. The quantitative estimate of drug-likeness (QED) is 0.157. The Morgan fingerprint density at radius 3 is 1.59 bits per heavy atom. The molecule has 0 saturated carbocycles. The zero-order valence-electron chi connectivity index (χ0n) is 20.7. The van der Waals surface area contributed by atoms with E-state index in [9.17, 15) is 34.2 Å². The van der Waals surface area contributed by atoms with Gasteiger partial charge in [0, 0.05) is 12.5 Å². The van der Waals surface area contributed by atoms with Crippen LogP contribution in [0.15, 0.2) is 0 Å². The SMILES string of the molecule is CC(C)CC(N)C(O)C(=O)NC(C(=O)NC(C(=O)NC(CCC(=O)O)C(=O)O)C(C)C)C(C)C. The van der Waals surface area contributed by atoms with Crippen molar-refractivity contribution in [3.63, 3.8) is 0 Å². The second-order valence-electron chi connectivity index (χ2n) is 9.53. The molecule has 12 nitrogen and oxygen atoms in total. The lowest BCUT2D eigenvalue weighted by molar-refractivity contribution is -0.144. The maximum atomic E-state index is 12.9. The maximum absolute atomic E-state index is 12.9. The molecular weight excluding hydrogens is 448 g/mol. The standard InChI is InChI=1S/C22H40N4O8/c1-10(2)9-13(23)18(29)21(32)26-17(12(5)6)20(31)25-16(11(3)4)19(30)24-14(22(33)34)7-8-15(27)28/h10-14,16-18,29H,7-9,23H2,1-6H3,(H,24,30)(H,25,31)(H,26,32)(H,27,28)(H,33,34). The Balaban J connectivity index is 5.40. The fraction of sp³-hybridized carbons (Fsp3) is 0.773. The molecule has 196 valence electrons. The van der Waals surface area contributed by atoms with Gasteiger partial charge in [-0.25, -0.2) is 4.79 Å². The first kappa shape index (κ1) is 31.3. The van der Waals surface area contributed by atoms with E-state index in [4.69, 9.17) is 10.8 Å². The van der Waals surface area contributed by atoms with Gasteiger partial charge in [-0.1, -0.05) is 41.5 Å². The number of carbonyl (C=O) groups excluding carboxylic acids is 3. The molecule has 0 aliphatic rings. The maximum Gasteiger partial charge on any atom is 0.326 e. The van der Waals surface area contributed by atoms with Crippen LogP contribution >= 0.6 is 0 Å². The monoisotopic (exact) mass is 488 g/mol. The van der Waals surface area contributed by atoms with Crippen molar-refractivity contribution >= 4 is 29.7 Å². The number of aliphatic carboxylic acids is 2. The predicted octanol–water partition coefficient (Wildman–Crippen LogP) is -0.563. The van der Waals surface area contributed by atoms with Crippen LogP contribution in [-0.2, 0) is 24.0 Å². The van der Waals surface area contributed by atoms with Gasteiger partial charge in [0.15, 0.2) is 0 Å². The first-order chi connectivity index (χ1) is 15.6. The highest BCUT2D eigenvalue weighted by Gasteiger charge is 2.34. The molecule has 0 aromatic carbocycles. The number of carboxylic acid groups (broad SMARTS) is 2. The number of carbonyl (C=O) groups is 5. The molecule has 0 radical (unpaired) electrons. The molecule has 5 unspecified atom stereocenters. The van der Waals surface area contributed by atoms with E-state index in [1.165, 1.54) is 0 Å². The average Bonchev–Trinajstić information content (AvgIpc) is 2.70. The Bertz CT molecular complexity index is 726. The van der Waals surface area contributed by atoms with Crippen molar-refractivity contribution in [3.05, 3.63) is 0 Å². The zero-order valence-corrected chi connectivity index (χ0v) is 20.7. The first-order valence-corrected chi connectivity index (χ1v) is 11.4. The molecule has 0 aromatic heterocycles. The normalized spacial score (nSPS) is 15.9. The van der Waals surface area contributed by atoms with Crippen molar-refractivity contribution in [2.75, 3.05) is 0 Å². The van der Waals surface area contributed by atoms with Gasteiger partial charge in [0.2, 0.25) is 11.8 Å². The van der Waals surface area contributed by atoms with Crippen molar-refractivity contribution in [3.8, 4) is 0 Å². The van der Waals surface area contributed by atoms with Crippen LogP contribution in [0, 0.1) is 17.8 Å². The lowest BCUT2D eigenvalue weighted by Gasteiger charge is -2.29. The summed E-state index contributed by atoms with van der Waals surface area (Å²) in [6.07, 6.45) is -1.91. The molecular formula is C22H40N4O8. The van der Waals surface area contributed by atoms with Crippen molar-refractivity contribution < 1.29 is 39.3 Å². The molecule has 34 heavy (non-hydrogen) atoms. The summed E-state index contributed by atoms with van der Waals surface area (Å²) in [5, 5.41) is 35.5. The molecule has 8 N–H and O–H groups in total. The van der Waals surface area contributed by atoms with Crippen molar-refractivity contribution in [2.45, 2.75) is 91.1 Å². The number of hydrogen-bond donors (Lipinski definition) is 7. The summed E-state index contributed by atoms with van der Waals surface area (Å²) in [5.74, 6) is -5.62. The summed E-state index contributed by atoms with van der Waals surface area (Å²) in [6.45, 7) is 10.4. The summed E-state index contributed by atoms with van der Waals surface area (Å²) < 4.78 is 0. The second-order valence-corrected chi connectivity index (χ2v) is 9.53. The van der Waals surface area contributed by atoms with Crippen LogP contribution in [0.5, 0.6) is 0 Å². The van der Waals surface area contributed by atoms with Gasteiger partial charge in [-0.15, -0.1) is 0 Å². The van der Waals surface area contributed by atoms with Crippen LogP contribution in [0.25, 0.3) is 0 Å². The molecule has 0 aromatic rings. The van der Waals surface area contributed by atoms with E-state index in [2.05, 4.69) is 16.0 Å². The topological polar surface area (TPSA) is 208 Å². The van der Waals surface area contributed by atoms with E-state index < -0.39 is 78.2 Å². The number of aliphatic hydroxyl groups excluding tert-OH is 1. The van der Waals surface area contributed by atoms with E-state index in [0.29, 0.717) is 6.42 Å².